The number of hydrogen-bond acceptors (Lipinski definition) is 5. The summed E-state index contributed by atoms with van der Waals surface area (Å²) < 4.78 is 0. The molecule has 0 aliphatic rings. The number of amides is 3. The molecule has 0 spiro atoms. The lowest BCUT2D eigenvalue weighted by molar-refractivity contribution is -0.136. The number of hydroxylamine groups is 1. The normalized spacial score (nSPS) is 12.4. The SMILES string of the molecule is O=C(C[C@H](CCCCCc1ccc(O)cc1)C(=O)N[C@H](Cc1c[nH]c2ccccc12)C(=O)NCCc1ccccc1)NO. The van der Waals surface area contributed by atoms with E-state index in [1.54, 1.807) is 17.6 Å². The van der Waals surface area contributed by atoms with E-state index < -0.39 is 23.8 Å². The van der Waals surface area contributed by atoms with E-state index in [0.29, 0.717) is 25.8 Å². The van der Waals surface area contributed by atoms with Crippen LogP contribution in [0.3, 0.4) is 0 Å². The number of benzene rings is 3. The molecule has 9 heteroatoms. The van der Waals surface area contributed by atoms with Gasteiger partial charge in [0.1, 0.15) is 11.8 Å². The van der Waals surface area contributed by atoms with E-state index in [1.807, 2.05) is 72.9 Å². The zero-order valence-corrected chi connectivity index (χ0v) is 24.2. The molecule has 1 heterocycles. The molecular weight excluding hydrogens is 544 g/mol. The van der Waals surface area contributed by atoms with Gasteiger partial charge in [0, 0.05) is 42.4 Å². The molecule has 9 nitrogen and oxygen atoms in total. The minimum Gasteiger partial charge on any atom is -0.508 e. The third kappa shape index (κ3) is 9.72. The number of fused-ring (bicyclic) bond motifs is 1. The van der Waals surface area contributed by atoms with Gasteiger partial charge in [-0.3, -0.25) is 19.6 Å². The van der Waals surface area contributed by atoms with Gasteiger partial charge in [-0.05, 0) is 60.6 Å². The lowest BCUT2D eigenvalue weighted by Crippen LogP contribution is -2.50. The van der Waals surface area contributed by atoms with Crippen LogP contribution in [0, 0.1) is 5.92 Å². The van der Waals surface area contributed by atoms with Gasteiger partial charge >= 0.3 is 0 Å². The average molecular weight is 585 g/mol. The third-order valence-electron chi connectivity index (χ3n) is 7.67. The molecule has 0 aliphatic carbocycles. The van der Waals surface area contributed by atoms with Gasteiger partial charge in [-0.25, -0.2) is 5.48 Å². The third-order valence-corrected chi connectivity index (χ3v) is 7.67. The minimum absolute atomic E-state index is 0.185. The van der Waals surface area contributed by atoms with Crippen LogP contribution in [0.4, 0.5) is 0 Å². The van der Waals surface area contributed by atoms with E-state index in [2.05, 4.69) is 15.6 Å². The van der Waals surface area contributed by atoms with Crippen molar-refractivity contribution in [1.29, 1.82) is 0 Å². The molecule has 3 aromatic carbocycles. The Hall–Kier alpha value is -4.63. The smallest absolute Gasteiger partial charge is 0.244 e. The van der Waals surface area contributed by atoms with Gasteiger partial charge in [-0.2, -0.15) is 0 Å². The maximum atomic E-state index is 13.5. The van der Waals surface area contributed by atoms with E-state index in [0.717, 1.165) is 46.9 Å². The number of phenols is 1. The first kappa shape index (κ1) is 31.3. The standard InChI is InChI=1S/C34H40N4O5/c39-28-17-15-25(16-18-28)11-5-2-6-12-26(22-32(40)38-43)33(41)37-31(21-27-23-36-30-14-8-7-13-29(27)30)34(42)35-20-19-24-9-3-1-4-10-24/h1,3-4,7-10,13-18,23,26,31,36,39,43H,2,5-6,11-12,19-22H2,(H,35,42)(H,37,41)(H,38,40)/t26-,31+/m0/s1. The Morgan fingerprint density at radius 2 is 1.51 bits per heavy atom. The van der Waals surface area contributed by atoms with Gasteiger partial charge in [0.05, 0.1) is 0 Å². The Bertz CT molecular complexity index is 1470. The first-order valence-electron chi connectivity index (χ1n) is 14.8. The molecule has 6 N–H and O–H groups in total. The fourth-order valence-electron chi connectivity index (χ4n) is 5.27. The van der Waals surface area contributed by atoms with Gasteiger partial charge in [0.2, 0.25) is 17.7 Å². The van der Waals surface area contributed by atoms with E-state index >= 15 is 0 Å². The van der Waals surface area contributed by atoms with Crippen molar-refractivity contribution in [1.82, 2.24) is 21.1 Å². The second-order valence-corrected chi connectivity index (χ2v) is 10.9. The van der Waals surface area contributed by atoms with Gasteiger partial charge in [-0.1, -0.05) is 73.5 Å². The van der Waals surface area contributed by atoms with Gasteiger partial charge in [0.25, 0.3) is 0 Å². The van der Waals surface area contributed by atoms with Crippen molar-refractivity contribution in [2.24, 2.45) is 5.92 Å². The minimum atomic E-state index is -0.850. The number of aromatic nitrogens is 1. The molecule has 0 bridgehead atoms. The molecule has 226 valence electrons. The summed E-state index contributed by atoms with van der Waals surface area (Å²) in [5.41, 5.74) is 5.69. The number of phenolic OH excluding ortho intramolecular Hbond substituents is 1. The molecule has 0 radical (unpaired) electrons. The van der Waals surface area contributed by atoms with E-state index in [9.17, 15) is 19.5 Å². The van der Waals surface area contributed by atoms with Crippen molar-refractivity contribution in [2.75, 3.05) is 6.54 Å². The Balaban J connectivity index is 1.40. The lowest BCUT2D eigenvalue weighted by Gasteiger charge is -2.22. The van der Waals surface area contributed by atoms with E-state index in [1.165, 1.54) is 0 Å². The Morgan fingerprint density at radius 3 is 2.28 bits per heavy atom. The van der Waals surface area contributed by atoms with Crippen molar-refractivity contribution in [3.63, 3.8) is 0 Å². The summed E-state index contributed by atoms with van der Waals surface area (Å²) in [5.74, 6) is -1.82. The number of nitrogens with one attached hydrogen (secondary N) is 4. The van der Waals surface area contributed by atoms with Crippen LogP contribution in [0.25, 0.3) is 10.9 Å². The van der Waals surface area contributed by atoms with Gasteiger partial charge in [0.15, 0.2) is 0 Å². The zero-order valence-electron chi connectivity index (χ0n) is 24.2. The molecule has 1 aromatic heterocycles. The summed E-state index contributed by atoms with van der Waals surface area (Å²) in [6.07, 6.45) is 6.30. The van der Waals surface area contributed by atoms with Crippen LogP contribution in [-0.2, 0) is 33.6 Å². The summed E-state index contributed by atoms with van der Waals surface area (Å²) in [7, 11) is 0. The second-order valence-electron chi connectivity index (χ2n) is 10.9. The Kier molecular flexibility index (Phi) is 11.7. The molecule has 4 aromatic rings. The van der Waals surface area contributed by atoms with Crippen molar-refractivity contribution < 1.29 is 24.7 Å². The molecular formula is C34H40N4O5. The second kappa shape index (κ2) is 16.1. The molecule has 4 rings (SSSR count). The quantitative estimate of drug-likeness (QED) is 0.0649. The number of unbranched alkanes of at least 4 members (excludes halogenated alkanes) is 2. The molecule has 0 unspecified atom stereocenters. The first-order chi connectivity index (χ1) is 20.9. The highest BCUT2D eigenvalue weighted by Crippen LogP contribution is 2.21. The fourth-order valence-corrected chi connectivity index (χ4v) is 5.27. The number of aromatic hydroxyl groups is 1. The largest absolute Gasteiger partial charge is 0.508 e. The maximum Gasteiger partial charge on any atom is 0.244 e. The monoisotopic (exact) mass is 584 g/mol. The van der Waals surface area contributed by atoms with Crippen LogP contribution in [0.2, 0.25) is 0 Å². The summed E-state index contributed by atoms with van der Waals surface area (Å²) in [6.45, 7) is 0.417. The number of H-pyrrole nitrogens is 1. The molecule has 0 aliphatic heterocycles. The number of carbonyl (C=O) groups is 3. The van der Waals surface area contributed by atoms with Crippen LogP contribution >= 0.6 is 0 Å². The summed E-state index contributed by atoms with van der Waals surface area (Å²) in [6, 6.07) is 23.9. The van der Waals surface area contributed by atoms with Gasteiger partial charge < -0.3 is 20.7 Å². The number of aryl methyl sites for hydroxylation is 1. The van der Waals surface area contributed by atoms with E-state index in [-0.39, 0.29) is 24.5 Å². The average Bonchev–Trinajstić information content (AvgIpc) is 3.43. The van der Waals surface area contributed by atoms with E-state index in [4.69, 9.17) is 5.21 Å². The van der Waals surface area contributed by atoms with Crippen molar-refractivity contribution >= 4 is 28.6 Å². The van der Waals surface area contributed by atoms with Crippen LogP contribution in [-0.4, -0.2) is 45.6 Å². The van der Waals surface area contributed by atoms with Crippen molar-refractivity contribution in [2.45, 2.75) is 57.4 Å². The molecule has 0 saturated carbocycles. The zero-order chi connectivity index (χ0) is 30.4. The molecule has 3 amide bonds. The molecule has 0 fully saturated rings. The molecule has 43 heavy (non-hydrogen) atoms. The summed E-state index contributed by atoms with van der Waals surface area (Å²) >= 11 is 0. The summed E-state index contributed by atoms with van der Waals surface area (Å²) in [4.78, 5) is 42.3. The number of hydrogen-bond donors (Lipinski definition) is 6. The fraction of sp³-hybridized carbons (Fsp3) is 0.324. The molecule has 2 atom stereocenters. The van der Waals surface area contributed by atoms with Crippen LogP contribution in [0.5, 0.6) is 5.75 Å². The summed E-state index contributed by atoms with van der Waals surface area (Å²) in [5, 5.41) is 25.5. The van der Waals surface area contributed by atoms with Crippen LogP contribution < -0.4 is 16.1 Å². The van der Waals surface area contributed by atoms with Crippen LogP contribution in [0.15, 0.2) is 85.1 Å². The number of carbonyl (C=O) groups excluding carboxylic acids is 3. The number of aromatic amines is 1. The topological polar surface area (TPSA) is 144 Å². The Morgan fingerprint density at radius 1 is 0.791 bits per heavy atom. The van der Waals surface area contributed by atoms with Crippen LogP contribution in [0.1, 0.15) is 48.8 Å². The Labute approximate surface area is 251 Å². The number of rotatable bonds is 16. The predicted octanol–water partition coefficient (Wildman–Crippen LogP) is 4.57. The first-order valence-corrected chi connectivity index (χ1v) is 14.8. The molecule has 0 saturated heterocycles. The van der Waals surface area contributed by atoms with Crippen molar-refractivity contribution in [3.05, 3.63) is 102 Å². The van der Waals surface area contributed by atoms with Crippen molar-refractivity contribution in [3.8, 4) is 5.75 Å². The van der Waals surface area contributed by atoms with Gasteiger partial charge in [-0.15, -0.1) is 0 Å². The highest BCUT2D eigenvalue weighted by Gasteiger charge is 2.28. The highest BCUT2D eigenvalue weighted by atomic mass is 16.5. The lowest BCUT2D eigenvalue weighted by atomic mass is 9.94. The maximum absolute atomic E-state index is 13.5. The highest BCUT2D eigenvalue weighted by molar-refractivity contribution is 5.91. The number of para-hydroxylation sites is 1. The predicted molar refractivity (Wildman–Crippen MR) is 165 cm³/mol.